The van der Waals surface area contributed by atoms with Crippen molar-refractivity contribution in [1.29, 1.82) is 0 Å². The van der Waals surface area contributed by atoms with E-state index in [4.69, 9.17) is 28.5 Å². The van der Waals surface area contributed by atoms with Crippen LogP contribution in [-0.2, 0) is 11.3 Å². The molecule has 2 heterocycles. The monoisotopic (exact) mass is 449 g/mol. The van der Waals surface area contributed by atoms with Gasteiger partial charge in [-0.1, -0.05) is 5.16 Å². The van der Waals surface area contributed by atoms with Gasteiger partial charge in [0.2, 0.25) is 18.3 Å². The highest BCUT2D eigenvalue weighted by molar-refractivity contribution is 9.10. The summed E-state index contributed by atoms with van der Waals surface area (Å²) in [7, 11) is 4.84. The molecular formula is C20H20BrNO6. The van der Waals surface area contributed by atoms with Gasteiger partial charge < -0.3 is 28.5 Å². The lowest BCUT2D eigenvalue weighted by Crippen LogP contribution is -2.13. The molecule has 0 amide bonds. The molecule has 0 spiro atoms. The Hall–Kier alpha value is -2.61. The minimum Gasteiger partial charge on any atom is -0.497 e. The smallest absolute Gasteiger partial charge is 0.231 e. The lowest BCUT2D eigenvalue weighted by Gasteiger charge is -2.18. The predicted molar refractivity (Wildman–Crippen MR) is 106 cm³/mol. The van der Waals surface area contributed by atoms with Crippen molar-refractivity contribution < 1.29 is 28.5 Å². The molecule has 2 aliphatic rings. The molecule has 148 valence electrons. The second-order valence-electron chi connectivity index (χ2n) is 6.33. The van der Waals surface area contributed by atoms with Crippen molar-refractivity contribution in [3.63, 3.8) is 0 Å². The molecule has 2 aromatic carbocycles. The van der Waals surface area contributed by atoms with Gasteiger partial charge in [0, 0.05) is 18.4 Å². The Kier molecular flexibility index (Phi) is 5.21. The van der Waals surface area contributed by atoms with Gasteiger partial charge in [0.1, 0.15) is 11.9 Å². The maximum atomic E-state index is 5.70. The third kappa shape index (κ3) is 3.22. The fourth-order valence-electron chi connectivity index (χ4n) is 3.39. The van der Waals surface area contributed by atoms with Crippen LogP contribution in [-0.4, -0.2) is 39.9 Å². The van der Waals surface area contributed by atoms with E-state index in [0.717, 1.165) is 27.1 Å². The van der Waals surface area contributed by atoms with Crippen molar-refractivity contribution in [2.24, 2.45) is 5.16 Å². The maximum Gasteiger partial charge on any atom is 0.231 e. The predicted octanol–water partition coefficient (Wildman–Crippen LogP) is 3.94. The average molecular weight is 450 g/mol. The second kappa shape index (κ2) is 7.79. The molecule has 0 saturated heterocycles. The Morgan fingerprint density at radius 1 is 1.00 bits per heavy atom. The van der Waals surface area contributed by atoms with Crippen LogP contribution < -0.4 is 23.7 Å². The van der Waals surface area contributed by atoms with Crippen LogP contribution in [0.3, 0.4) is 0 Å². The molecular weight excluding hydrogens is 430 g/mol. The standard InChI is InChI=1S/C20H20BrNO6/c1-23-12-6-4-11(5-7-12)15-9-13(28-22-15)8-14-16(21)18(25-3)20-19(17(14)24-2)26-10-27-20/h4-7,13H,8-10H2,1-3H3/t13-/m1/s1. The van der Waals surface area contributed by atoms with Crippen molar-refractivity contribution in [3.8, 4) is 28.7 Å². The molecule has 0 unspecified atom stereocenters. The summed E-state index contributed by atoms with van der Waals surface area (Å²) < 4.78 is 28.2. The van der Waals surface area contributed by atoms with Crippen molar-refractivity contribution in [3.05, 3.63) is 39.9 Å². The summed E-state index contributed by atoms with van der Waals surface area (Å²) in [6, 6.07) is 7.77. The Morgan fingerprint density at radius 3 is 2.32 bits per heavy atom. The van der Waals surface area contributed by atoms with Crippen LogP contribution in [0.1, 0.15) is 17.5 Å². The van der Waals surface area contributed by atoms with Gasteiger partial charge in [-0.05, 0) is 45.8 Å². The molecule has 0 bridgehead atoms. The summed E-state index contributed by atoms with van der Waals surface area (Å²) in [6.07, 6.45) is 1.12. The number of fused-ring (bicyclic) bond motifs is 1. The minimum absolute atomic E-state index is 0.128. The first kappa shape index (κ1) is 18.7. The van der Waals surface area contributed by atoms with Gasteiger partial charge >= 0.3 is 0 Å². The van der Waals surface area contributed by atoms with Crippen LogP contribution in [0.4, 0.5) is 0 Å². The number of rotatable bonds is 6. The molecule has 0 aromatic heterocycles. The van der Waals surface area contributed by atoms with E-state index in [1.807, 2.05) is 24.3 Å². The summed E-state index contributed by atoms with van der Waals surface area (Å²) in [5.41, 5.74) is 2.80. The molecule has 8 heteroatoms. The van der Waals surface area contributed by atoms with Crippen molar-refractivity contribution in [1.82, 2.24) is 0 Å². The highest BCUT2D eigenvalue weighted by atomic mass is 79.9. The van der Waals surface area contributed by atoms with Gasteiger partial charge in [0.15, 0.2) is 11.5 Å². The number of ether oxygens (including phenoxy) is 5. The third-order valence-corrected chi connectivity index (χ3v) is 5.60. The second-order valence-corrected chi connectivity index (χ2v) is 7.12. The molecule has 4 rings (SSSR count). The van der Waals surface area contributed by atoms with E-state index in [1.54, 1.807) is 21.3 Å². The molecule has 7 nitrogen and oxygen atoms in total. The Morgan fingerprint density at radius 2 is 1.68 bits per heavy atom. The molecule has 0 fully saturated rings. The summed E-state index contributed by atoms with van der Waals surface area (Å²) in [5, 5.41) is 4.27. The van der Waals surface area contributed by atoms with E-state index < -0.39 is 0 Å². The van der Waals surface area contributed by atoms with Crippen molar-refractivity contribution in [2.75, 3.05) is 28.1 Å². The number of oxime groups is 1. The Bertz CT molecular complexity index is 912. The summed E-state index contributed by atoms with van der Waals surface area (Å²) in [6.45, 7) is 0.128. The van der Waals surface area contributed by atoms with Crippen LogP contribution in [0, 0.1) is 0 Å². The van der Waals surface area contributed by atoms with Crippen LogP contribution in [0.25, 0.3) is 0 Å². The van der Waals surface area contributed by atoms with E-state index in [-0.39, 0.29) is 12.9 Å². The van der Waals surface area contributed by atoms with Crippen LogP contribution in [0.15, 0.2) is 33.9 Å². The average Bonchev–Trinajstić information content (AvgIpc) is 3.39. The van der Waals surface area contributed by atoms with Crippen LogP contribution in [0.2, 0.25) is 0 Å². The summed E-state index contributed by atoms with van der Waals surface area (Å²) in [5.74, 6) is 3.09. The quantitative estimate of drug-likeness (QED) is 0.665. The number of nitrogens with zero attached hydrogens (tertiary/aromatic N) is 1. The summed E-state index contributed by atoms with van der Waals surface area (Å²) in [4.78, 5) is 5.70. The van der Waals surface area contributed by atoms with E-state index in [2.05, 4.69) is 21.1 Å². The molecule has 28 heavy (non-hydrogen) atoms. The first-order valence-corrected chi connectivity index (χ1v) is 9.54. The fraction of sp³-hybridized carbons (Fsp3) is 0.350. The molecule has 0 radical (unpaired) electrons. The molecule has 0 N–H and O–H groups in total. The van der Waals surface area contributed by atoms with Gasteiger partial charge in [-0.2, -0.15) is 0 Å². The largest absolute Gasteiger partial charge is 0.497 e. The zero-order valence-electron chi connectivity index (χ0n) is 15.8. The van der Waals surface area contributed by atoms with Gasteiger partial charge in [-0.15, -0.1) is 0 Å². The molecule has 1 atom stereocenters. The van der Waals surface area contributed by atoms with Gasteiger partial charge in [0.25, 0.3) is 0 Å². The number of hydrogen-bond acceptors (Lipinski definition) is 7. The molecule has 2 aromatic rings. The number of halogens is 1. The lowest BCUT2D eigenvalue weighted by molar-refractivity contribution is 0.0852. The SMILES string of the molecule is COc1ccc(C2=NO[C@H](Cc3c(Br)c(OC)c4c(c3OC)OCO4)C2)cc1. The number of hydrogen-bond donors (Lipinski definition) is 0. The minimum atomic E-state index is -0.132. The number of methoxy groups -OCH3 is 3. The van der Waals surface area contributed by atoms with E-state index in [1.165, 1.54) is 0 Å². The zero-order chi connectivity index (χ0) is 19.7. The normalized spacial score (nSPS) is 17.1. The third-order valence-electron chi connectivity index (χ3n) is 4.76. The lowest BCUT2D eigenvalue weighted by atomic mass is 9.99. The van der Waals surface area contributed by atoms with Crippen LogP contribution in [0.5, 0.6) is 28.7 Å². The van der Waals surface area contributed by atoms with E-state index in [9.17, 15) is 0 Å². The summed E-state index contributed by atoms with van der Waals surface area (Å²) >= 11 is 3.62. The van der Waals surface area contributed by atoms with E-state index in [0.29, 0.717) is 35.8 Å². The van der Waals surface area contributed by atoms with Crippen molar-refractivity contribution in [2.45, 2.75) is 18.9 Å². The van der Waals surface area contributed by atoms with Gasteiger partial charge in [-0.25, -0.2) is 0 Å². The molecule has 0 aliphatic carbocycles. The first-order valence-electron chi connectivity index (χ1n) is 8.75. The first-order chi connectivity index (χ1) is 13.7. The molecule has 2 aliphatic heterocycles. The zero-order valence-corrected chi connectivity index (χ0v) is 17.4. The highest BCUT2D eigenvalue weighted by Crippen LogP contribution is 2.54. The maximum absolute atomic E-state index is 5.70. The van der Waals surface area contributed by atoms with E-state index >= 15 is 0 Å². The fourth-order valence-corrected chi connectivity index (χ4v) is 4.07. The topological polar surface area (TPSA) is 67.7 Å². The van der Waals surface area contributed by atoms with Crippen molar-refractivity contribution >= 4 is 21.6 Å². The highest BCUT2D eigenvalue weighted by Gasteiger charge is 2.33. The van der Waals surface area contributed by atoms with Gasteiger partial charge in [-0.3, -0.25) is 0 Å². The Balaban J connectivity index is 1.57. The number of benzene rings is 2. The van der Waals surface area contributed by atoms with Gasteiger partial charge in [0.05, 0.1) is 31.5 Å². The van der Waals surface area contributed by atoms with Crippen LogP contribution >= 0.6 is 15.9 Å². The molecule has 0 saturated carbocycles. The Labute approximate surface area is 171 Å².